The second-order valence-corrected chi connectivity index (χ2v) is 6.48. The molecule has 2 unspecified atom stereocenters. The molecular weight excluding hydrogens is 238 g/mol. The molecule has 0 bridgehead atoms. The fraction of sp³-hybridized carbons (Fsp3) is 0.933. The molecule has 0 aromatic heterocycles. The number of nitrogens with one attached hydrogen (secondary N) is 1. The topological polar surface area (TPSA) is 58.4 Å². The van der Waals surface area contributed by atoms with Gasteiger partial charge in [-0.15, -0.1) is 0 Å². The minimum absolute atomic E-state index is 0.243. The van der Waals surface area contributed by atoms with Gasteiger partial charge in [0.1, 0.15) is 0 Å². The van der Waals surface area contributed by atoms with Crippen LogP contribution in [0.1, 0.15) is 59.8 Å². The van der Waals surface area contributed by atoms with Gasteiger partial charge in [0.05, 0.1) is 5.54 Å². The van der Waals surface area contributed by atoms with Gasteiger partial charge in [0, 0.05) is 12.1 Å². The van der Waals surface area contributed by atoms with Crippen LogP contribution in [-0.2, 0) is 4.79 Å². The molecule has 0 aromatic carbocycles. The van der Waals surface area contributed by atoms with E-state index in [4.69, 9.17) is 5.73 Å². The molecular formula is C15H31N3O. The summed E-state index contributed by atoms with van der Waals surface area (Å²) in [5.41, 5.74) is 4.97. The van der Waals surface area contributed by atoms with Crippen LogP contribution in [-0.4, -0.2) is 41.5 Å². The maximum absolute atomic E-state index is 11.6. The van der Waals surface area contributed by atoms with Gasteiger partial charge in [-0.05, 0) is 66.5 Å². The van der Waals surface area contributed by atoms with E-state index < -0.39 is 5.54 Å². The van der Waals surface area contributed by atoms with Crippen molar-refractivity contribution in [2.45, 2.75) is 77.4 Å². The normalized spacial score (nSPS) is 24.4. The van der Waals surface area contributed by atoms with Crippen LogP contribution in [0.4, 0.5) is 0 Å². The molecule has 1 saturated heterocycles. The first kappa shape index (κ1) is 16.4. The molecule has 1 rings (SSSR count). The van der Waals surface area contributed by atoms with Crippen molar-refractivity contribution in [2.75, 3.05) is 13.1 Å². The van der Waals surface area contributed by atoms with Crippen molar-refractivity contribution in [3.63, 3.8) is 0 Å². The Morgan fingerprint density at radius 1 is 1.47 bits per heavy atom. The Hall–Kier alpha value is -0.610. The number of likely N-dealkylation sites (tertiary alicyclic amines) is 1. The monoisotopic (exact) mass is 269 g/mol. The number of nitrogens with zero attached hydrogens (tertiary/aromatic N) is 1. The molecule has 1 aliphatic rings. The smallest absolute Gasteiger partial charge is 0.237 e. The average Bonchev–Trinajstić information content (AvgIpc) is 2.30. The number of nitrogens with two attached hydrogens (primary N) is 1. The standard InChI is InChI=1S/C15H31N3O/c1-12(2)17-15(4,14(16)19)9-7-11-18-10-6-5-8-13(18)3/h12-13,17H,5-11H2,1-4H3,(H2,16,19). The summed E-state index contributed by atoms with van der Waals surface area (Å²) in [5, 5.41) is 3.31. The van der Waals surface area contributed by atoms with Crippen LogP contribution in [0.2, 0.25) is 0 Å². The van der Waals surface area contributed by atoms with Gasteiger partial charge in [-0.1, -0.05) is 6.42 Å². The maximum Gasteiger partial charge on any atom is 0.237 e. The van der Waals surface area contributed by atoms with Crippen LogP contribution in [0.3, 0.4) is 0 Å². The second-order valence-electron chi connectivity index (χ2n) is 6.48. The molecule has 1 fully saturated rings. The Bertz CT molecular complexity index is 293. The predicted octanol–water partition coefficient (Wildman–Crippen LogP) is 1.88. The number of carbonyl (C=O) groups is 1. The van der Waals surface area contributed by atoms with E-state index in [-0.39, 0.29) is 11.9 Å². The molecule has 0 aliphatic carbocycles. The molecule has 0 spiro atoms. The molecule has 1 aliphatic heterocycles. The fourth-order valence-electron chi connectivity index (χ4n) is 3.03. The van der Waals surface area contributed by atoms with Crippen LogP contribution in [0.5, 0.6) is 0 Å². The first-order valence-electron chi connectivity index (χ1n) is 7.67. The Kier molecular flexibility index (Phi) is 6.27. The van der Waals surface area contributed by atoms with Crippen LogP contribution < -0.4 is 11.1 Å². The third-order valence-corrected chi connectivity index (χ3v) is 4.21. The van der Waals surface area contributed by atoms with Gasteiger partial charge in [-0.2, -0.15) is 0 Å². The van der Waals surface area contributed by atoms with E-state index in [0.29, 0.717) is 6.04 Å². The first-order valence-corrected chi connectivity index (χ1v) is 7.67. The lowest BCUT2D eigenvalue weighted by atomic mass is 9.93. The van der Waals surface area contributed by atoms with Gasteiger partial charge in [-0.25, -0.2) is 0 Å². The Labute approximate surface area is 118 Å². The van der Waals surface area contributed by atoms with Crippen LogP contribution in [0, 0.1) is 0 Å². The summed E-state index contributed by atoms with van der Waals surface area (Å²) in [5.74, 6) is -0.243. The largest absolute Gasteiger partial charge is 0.368 e. The Morgan fingerprint density at radius 3 is 2.68 bits per heavy atom. The van der Waals surface area contributed by atoms with Crippen molar-refractivity contribution in [2.24, 2.45) is 5.73 Å². The van der Waals surface area contributed by atoms with Crippen LogP contribution in [0.25, 0.3) is 0 Å². The quantitative estimate of drug-likeness (QED) is 0.742. The number of rotatable bonds is 7. The summed E-state index contributed by atoms with van der Waals surface area (Å²) in [4.78, 5) is 14.2. The average molecular weight is 269 g/mol. The molecule has 0 radical (unpaired) electrons. The first-order chi connectivity index (χ1) is 8.85. The van der Waals surface area contributed by atoms with Gasteiger partial charge in [0.25, 0.3) is 0 Å². The molecule has 4 nitrogen and oxygen atoms in total. The van der Waals surface area contributed by atoms with Crippen LogP contribution in [0.15, 0.2) is 0 Å². The number of hydrogen-bond donors (Lipinski definition) is 2. The number of hydrogen-bond acceptors (Lipinski definition) is 3. The van der Waals surface area contributed by atoms with Gasteiger partial charge < -0.3 is 16.0 Å². The molecule has 3 N–H and O–H groups in total. The molecule has 2 atom stereocenters. The summed E-state index contributed by atoms with van der Waals surface area (Å²) >= 11 is 0. The van der Waals surface area contributed by atoms with Gasteiger partial charge in [0.15, 0.2) is 0 Å². The van der Waals surface area contributed by atoms with Gasteiger partial charge >= 0.3 is 0 Å². The zero-order valence-electron chi connectivity index (χ0n) is 13.0. The van der Waals surface area contributed by atoms with Crippen molar-refractivity contribution < 1.29 is 4.79 Å². The van der Waals surface area contributed by atoms with E-state index in [1.54, 1.807) is 0 Å². The zero-order chi connectivity index (χ0) is 14.5. The third kappa shape index (κ3) is 5.11. The number of primary amides is 1. The fourth-order valence-corrected chi connectivity index (χ4v) is 3.03. The van der Waals surface area contributed by atoms with E-state index in [0.717, 1.165) is 19.4 Å². The van der Waals surface area contributed by atoms with E-state index >= 15 is 0 Å². The van der Waals surface area contributed by atoms with E-state index in [1.165, 1.54) is 25.8 Å². The molecule has 112 valence electrons. The van der Waals surface area contributed by atoms with Crippen molar-refractivity contribution in [3.05, 3.63) is 0 Å². The highest BCUT2D eigenvalue weighted by molar-refractivity contribution is 5.84. The molecule has 1 heterocycles. The van der Waals surface area contributed by atoms with E-state index in [2.05, 4.69) is 17.1 Å². The van der Waals surface area contributed by atoms with Gasteiger partial charge in [-0.3, -0.25) is 4.79 Å². The summed E-state index contributed by atoms with van der Waals surface area (Å²) in [6, 6.07) is 0.957. The molecule has 0 aromatic rings. The van der Waals surface area contributed by atoms with Crippen molar-refractivity contribution in [1.82, 2.24) is 10.2 Å². The Morgan fingerprint density at radius 2 is 2.16 bits per heavy atom. The van der Waals surface area contributed by atoms with Crippen molar-refractivity contribution in [1.29, 1.82) is 0 Å². The van der Waals surface area contributed by atoms with Gasteiger partial charge in [0.2, 0.25) is 5.91 Å². The highest BCUT2D eigenvalue weighted by atomic mass is 16.1. The number of amides is 1. The van der Waals surface area contributed by atoms with Crippen molar-refractivity contribution >= 4 is 5.91 Å². The molecule has 0 saturated carbocycles. The lowest BCUT2D eigenvalue weighted by Crippen LogP contribution is -2.55. The summed E-state index contributed by atoms with van der Waals surface area (Å²) in [6.07, 6.45) is 5.79. The van der Waals surface area contributed by atoms with E-state index in [1.807, 2.05) is 20.8 Å². The summed E-state index contributed by atoms with van der Waals surface area (Å²) in [6.45, 7) is 10.6. The zero-order valence-corrected chi connectivity index (χ0v) is 13.0. The summed E-state index contributed by atoms with van der Waals surface area (Å²) < 4.78 is 0. The van der Waals surface area contributed by atoms with Crippen molar-refractivity contribution in [3.8, 4) is 0 Å². The third-order valence-electron chi connectivity index (χ3n) is 4.21. The maximum atomic E-state index is 11.6. The minimum Gasteiger partial charge on any atom is -0.368 e. The Balaban J connectivity index is 2.41. The SMILES string of the molecule is CC(C)NC(C)(CCCN1CCCCC1C)C(N)=O. The highest BCUT2D eigenvalue weighted by Gasteiger charge is 2.31. The lowest BCUT2D eigenvalue weighted by molar-refractivity contribution is -0.124. The number of piperidine rings is 1. The minimum atomic E-state index is -0.576. The predicted molar refractivity (Wildman–Crippen MR) is 80.0 cm³/mol. The lowest BCUT2D eigenvalue weighted by Gasteiger charge is -2.35. The number of carbonyl (C=O) groups excluding carboxylic acids is 1. The van der Waals surface area contributed by atoms with Crippen LogP contribution >= 0.6 is 0 Å². The highest BCUT2D eigenvalue weighted by Crippen LogP contribution is 2.19. The summed E-state index contributed by atoms with van der Waals surface area (Å²) in [7, 11) is 0. The molecule has 4 heteroatoms. The second kappa shape index (κ2) is 7.25. The van der Waals surface area contributed by atoms with E-state index in [9.17, 15) is 4.79 Å². The molecule has 19 heavy (non-hydrogen) atoms. The molecule has 1 amide bonds.